The van der Waals surface area contributed by atoms with Crippen molar-refractivity contribution < 1.29 is 19.0 Å². The molecule has 1 aromatic carbocycles. The minimum Gasteiger partial charge on any atom is -0.466 e. The third kappa shape index (κ3) is 2.27. The molecule has 0 atom stereocenters. The predicted octanol–water partition coefficient (Wildman–Crippen LogP) is 2.91. The van der Waals surface area contributed by atoms with E-state index >= 15 is 0 Å². The first-order chi connectivity index (χ1) is 9.22. The maximum absolute atomic E-state index is 11.7. The number of esters is 1. The summed E-state index contributed by atoms with van der Waals surface area (Å²) in [6.45, 7) is 2.28. The summed E-state index contributed by atoms with van der Waals surface area (Å²) in [5.74, 6) is 0.940. The minimum atomic E-state index is -0.563. The molecule has 1 aliphatic carbocycles. The molecule has 4 nitrogen and oxygen atoms in total. The van der Waals surface area contributed by atoms with Gasteiger partial charge >= 0.3 is 5.97 Å². The summed E-state index contributed by atoms with van der Waals surface area (Å²) in [5.41, 5.74) is 0. The van der Waals surface area contributed by atoms with E-state index in [4.69, 9.17) is 14.2 Å². The molecular formula is C15H18O4. The zero-order chi connectivity index (χ0) is 13.3. The highest BCUT2D eigenvalue weighted by molar-refractivity contribution is 5.72. The van der Waals surface area contributed by atoms with Crippen molar-refractivity contribution in [3.8, 4) is 11.5 Å². The molecule has 1 fully saturated rings. The summed E-state index contributed by atoms with van der Waals surface area (Å²) in [7, 11) is 0. The Morgan fingerprint density at radius 2 is 1.84 bits per heavy atom. The van der Waals surface area contributed by atoms with Crippen molar-refractivity contribution in [1.29, 1.82) is 0 Å². The van der Waals surface area contributed by atoms with Crippen LogP contribution in [-0.2, 0) is 9.53 Å². The predicted molar refractivity (Wildman–Crippen MR) is 69.0 cm³/mol. The van der Waals surface area contributed by atoms with E-state index in [0.29, 0.717) is 6.61 Å². The number of fused-ring (bicyclic) bond motifs is 1. The van der Waals surface area contributed by atoms with Crippen LogP contribution in [0.15, 0.2) is 24.3 Å². The van der Waals surface area contributed by atoms with Gasteiger partial charge in [0.05, 0.1) is 12.5 Å². The normalized spacial score (nSPS) is 20.5. The molecular weight excluding hydrogens is 244 g/mol. The van der Waals surface area contributed by atoms with Crippen LogP contribution in [0, 0.1) is 5.92 Å². The highest BCUT2D eigenvalue weighted by Gasteiger charge is 2.45. The lowest BCUT2D eigenvalue weighted by Gasteiger charge is -2.34. The largest absolute Gasteiger partial charge is 0.466 e. The van der Waals surface area contributed by atoms with Crippen LogP contribution in [0.3, 0.4) is 0 Å². The van der Waals surface area contributed by atoms with Gasteiger partial charge in [-0.05, 0) is 31.9 Å². The van der Waals surface area contributed by atoms with Crippen molar-refractivity contribution in [3.63, 3.8) is 0 Å². The van der Waals surface area contributed by atoms with Gasteiger partial charge in [0, 0.05) is 12.8 Å². The van der Waals surface area contributed by atoms with Gasteiger partial charge in [0.25, 0.3) is 5.79 Å². The molecule has 1 saturated carbocycles. The maximum atomic E-state index is 11.7. The van der Waals surface area contributed by atoms with Crippen molar-refractivity contribution in [2.45, 2.75) is 38.4 Å². The molecule has 0 radical (unpaired) electrons. The summed E-state index contributed by atoms with van der Waals surface area (Å²) in [6.07, 6.45) is 2.97. The Labute approximate surface area is 112 Å². The third-order valence-electron chi connectivity index (χ3n) is 3.81. The Morgan fingerprint density at radius 1 is 1.26 bits per heavy atom. The number of rotatable bonds is 2. The van der Waals surface area contributed by atoms with Gasteiger partial charge in [-0.25, -0.2) is 0 Å². The number of para-hydroxylation sites is 2. The molecule has 3 rings (SSSR count). The van der Waals surface area contributed by atoms with Crippen molar-refractivity contribution >= 4 is 5.97 Å². The van der Waals surface area contributed by atoms with Gasteiger partial charge in [-0.3, -0.25) is 4.79 Å². The van der Waals surface area contributed by atoms with Crippen molar-refractivity contribution in [2.24, 2.45) is 5.92 Å². The first kappa shape index (κ1) is 12.3. The SMILES string of the molecule is CCOC(=O)C1CCC2(CC1)Oc1ccccc1O2. The lowest BCUT2D eigenvalue weighted by Crippen LogP contribution is -2.43. The van der Waals surface area contributed by atoms with E-state index in [0.717, 1.165) is 37.2 Å². The van der Waals surface area contributed by atoms with Gasteiger partial charge in [0.1, 0.15) is 0 Å². The minimum absolute atomic E-state index is 0.0125. The Hall–Kier alpha value is -1.71. The molecule has 1 aliphatic heterocycles. The second-order valence-electron chi connectivity index (χ2n) is 5.09. The molecule has 1 spiro atoms. The topological polar surface area (TPSA) is 44.8 Å². The zero-order valence-electron chi connectivity index (χ0n) is 11.1. The van der Waals surface area contributed by atoms with Crippen molar-refractivity contribution in [3.05, 3.63) is 24.3 Å². The van der Waals surface area contributed by atoms with E-state index in [1.807, 2.05) is 31.2 Å². The number of carbonyl (C=O) groups excluding carboxylic acids is 1. The average Bonchev–Trinajstić information content (AvgIpc) is 2.77. The second kappa shape index (κ2) is 4.76. The molecule has 2 aliphatic rings. The Morgan fingerprint density at radius 3 is 2.37 bits per heavy atom. The lowest BCUT2D eigenvalue weighted by atomic mass is 9.85. The standard InChI is InChI=1S/C15H18O4/c1-2-17-14(16)11-7-9-15(10-8-11)18-12-5-3-4-6-13(12)19-15/h3-6,11H,2,7-10H2,1H3. The fourth-order valence-corrected chi connectivity index (χ4v) is 2.80. The van der Waals surface area contributed by atoms with Gasteiger partial charge in [-0.15, -0.1) is 0 Å². The molecule has 0 unspecified atom stereocenters. The van der Waals surface area contributed by atoms with Gasteiger partial charge in [-0.1, -0.05) is 12.1 Å². The van der Waals surface area contributed by atoms with Crippen LogP contribution < -0.4 is 9.47 Å². The summed E-state index contributed by atoms with van der Waals surface area (Å²) in [4.78, 5) is 11.7. The van der Waals surface area contributed by atoms with Crippen LogP contribution in [0.1, 0.15) is 32.6 Å². The molecule has 0 N–H and O–H groups in total. The van der Waals surface area contributed by atoms with Crippen LogP contribution in [0.25, 0.3) is 0 Å². The van der Waals surface area contributed by atoms with E-state index in [-0.39, 0.29) is 11.9 Å². The van der Waals surface area contributed by atoms with E-state index in [1.165, 1.54) is 0 Å². The zero-order valence-corrected chi connectivity index (χ0v) is 11.1. The number of hydrogen-bond donors (Lipinski definition) is 0. The highest BCUT2D eigenvalue weighted by Crippen LogP contribution is 2.46. The van der Waals surface area contributed by atoms with E-state index in [1.54, 1.807) is 0 Å². The van der Waals surface area contributed by atoms with E-state index < -0.39 is 5.79 Å². The van der Waals surface area contributed by atoms with Gasteiger partial charge in [0.2, 0.25) is 0 Å². The fourth-order valence-electron chi connectivity index (χ4n) is 2.80. The number of ether oxygens (including phenoxy) is 3. The maximum Gasteiger partial charge on any atom is 0.308 e. The van der Waals surface area contributed by atoms with Crippen LogP contribution in [-0.4, -0.2) is 18.4 Å². The second-order valence-corrected chi connectivity index (χ2v) is 5.09. The van der Waals surface area contributed by atoms with E-state index in [2.05, 4.69) is 0 Å². The van der Waals surface area contributed by atoms with Crippen molar-refractivity contribution in [2.75, 3.05) is 6.61 Å². The van der Waals surface area contributed by atoms with Crippen LogP contribution >= 0.6 is 0 Å². The monoisotopic (exact) mass is 262 g/mol. The number of carbonyl (C=O) groups is 1. The first-order valence-corrected chi connectivity index (χ1v) is 6.86. The molecule has 0 amide bonds. The molecule has 0 bridgehead atoms. The van der Waals surface area contributed by atoms with Gasteiger partial charge in [0.15, 0.2) is 11.5 Å². The van der Waals surface area contributed by atoms with E-state index in [9.17, 15) is 4.79 Å². The number of benzene rings is 1. The Balaban J connectivity index is 1.64. The molecule has 1 heterocycles. The fraction of sp³-hybridized carbons (Fsp3) is 0.533. The molecule has 0 saturated heterocycles. The average molecular weight is 262 g/mol. The summed E-state index contributed by atoms with van der Waals surface area (Å²) >= 11 is 0. The summed E-state index contributed by atoms with van der Waals surface area (Å²) in [5, 5.41) is 0. The van der Waals surface area contributed by atoms with Gasteiger partial charge < -0.3 is 14.2 Å². The molecule has 19 heavy (non-hydrogen) atoms. The molecule has 0 aromatic heterocycles. The molecule has 1 aromatic rings. The number of hydrogen-bond acceptors (Lipinski definition) is 4. The molecule has 102 valence electrons. The highest BCUT2D eigenvalue weighted by atomic mass is 16.7. The summed E-state index contributed by atoms with van der Waals surface area (Å²) < 4.78 is 17.0. The smallest absolute Gasteiger partial charge is 0.308 e. The van der Waals surface area contributed by atoms with Gasteiger partial charge in [-0.2, -0.15) is 0 Å². The van der Waals surface area contributed by atoms with Crippen LogP contribution in [0.2, 0.25) is 0 Å². The van der Waals surface area contributed by atoms with Crippen molar-refractivity contribution in [1.82, 2.24) is 0 Å². The molecule has 4 heteroatoms. The Kier molecular flexibility index (Phi) is 3.09. The lowest BCUT2D eigenvalue weighted by molar-refractivity contribution is -0.156. The summed E-state index contributed by atoms with van der Waals surface area (Å²) in [6, 6.07) is 7.71. The van der Waals surface area contributed by atoms with Crippen LogP contribution in [0.4, 0.5) is 0 Å². The third-order valence-corrected chi connectivity index (χ3v) is 3.81. The first-order valence-electron chi connectivity index (χ1n) is 6.86. The van der Waals surface area contributed by atoms with Crippen LogP contribution in [0.5, 0.6) is 11.5 Å². The quantitative estimate of drug-likeness (QED) is 0.769. The Bertz CT molecular complexity index is 448.